The predicted molar refractivity (Wildman–Crippen MR) is 67.8 cm³/mol. The van der Waals surface area contributed by atoms with Crippen molar-refractivity contribution in [3.05, 3.63) is 18.3 Å². The topological polar surface area (TPSA) is 68.6 Å². The lowest BCUT2D eigenvalue weighted by Gasteiger charge is -2.37. The number of hydrogen-bond donors (Lipinski definition) is 3. The Morgan fingerprint density at radius 3 is 2.31 bits per heavy atom. The normalized spacial score (nSPS) is 13.2. The molecule has 0 aliphatic heterocycles. The molecule has 0 atom stereocenters. The Labute approximate surface area is 98.0 Å². The molecule has 0 aliphatic rings. The van der Waals surface area contributed by atoms with Crippen molar-refractivity contribution in [1.29, 1.82) is 0 Å². The Kier molecular flexibility index (Phi) is 4.15. The summed E-state index contributed by atoms with van der Waals surface area (Å²) in [7, 11) is 0.362. The van der Waals surface area contributed by atoms with Crippen LogP contribution in [0.3, 0.4) is 0 Å². The summed E-state index contributed by atoms with van der Waals surface area (Å²) in [5.41, 5.74) is 0. The van der Waals surface area contributed by atoms with Crippen molar-refractivity contribution < 1.29 is 9.11 Å². The molecule has 0 amide bonds. The number of anilines is 1. The van der Waals surface area contributed by atoms with E-state index < -0.39 is 10.8 Å². The minimum absolute atomic E-state index is 0.299. The zero-order valence-corrected chi connectivity index (χ0v) is 10.8. The molecule has 1 aromatic heterocycles. The quantitative estimate of drug-likeness (QED) is 0.760. The van der Waals surface area contributed by atoms with Gasteiger partial charge in [-0.1, -0.05) is 0 Å². The number of nitrogens with zero attached hydrogens (tertiary/aromatic N) is 2. The molecule has 0 fully saturated rings. The molecule has 6 heteroatoms. The molecule has 5 nitrogen and oxygen atoms in total. The first-order valence-corrected chi connectivity index (χ1v) is 6.52. The third-order valence-corrected chi connectivity index (χ3v) is 3.89. The van der Waals surface area contributed by atoms with E-state index in [0.29, 0.717) is 10.9 Å². The van der Waals surface area contributed by atoms with Crippen LogP contribution < -0.4 is 5.32 Å². The van der Waals surface area contributed by atoms with E-state index in [2.05, 4.69) is 10.3 Å². The molecule has 0 saturated heterocycles. The summed E-state index contributed by atoms with van der Waals surface area (Å²) in [6.07, 6.45) is 1.49. The first-order chi connectivity index (χ1) is 7.34. The van der Waals surface area contributed by atoms with Crippen molar-refractivity contribution in [3.63, 3.8) is 0 Å². The first kappa shape index (κ1) is 13.2. The van der Waals surface area contributed by atoms with Gasteiger partial charge in [0.2, 0.25) is 0 Å². The Morgan fingerprint density at radius 1 is 1.31 bits per heavy atom. The number of hydrogen-bond acceptors (Lipinski definition) is 5. The lowest BCUT2D eigenvalue weighted by Crippen LogP contribution is -2.19. The second kappa shape index (κ2) is 5.01. The van der Waals surface area contributed by atoms with Crippen LogP contribution in [-0.4, -0.2) is 38.5 Å². The van der Waals surface area contributed by atoms with E-state index in [1.165, 1.54) is 10.5 Å². The Bertz CT molecular complexity index is 338. The van der Waals surface area contributed by atoms with Crippen LogP contribution in [0.25, 0.3) is 0 Å². The highest BCUT2D eigenvalue weighted by Gasteiger charge is 2.18. The van der Waals surface area contributed by atoms with Gasteiger partial charge in [0.05, 0.1) is 11.1 Å². The molecule has 16 heavy (non-hydrogen) atoms. The standard InChI is InChI=1S/C10H19N3O2S/c1-8(2)12-10-6-5-9(7-11-10)16(14,15)13(3)4/h5-8,14-15H,1-4H3,(H,11,12). The summed E-state index contributed by atoms with van der Waals surface area (Å²) >= 11 is 0. The lowest BCUT2D eigenvalue weighted by molar-refractivity contribution is 0.413. The molecule has 0 saturated carbocycles. The van der Waals surface area contributed by atoms with Gasteiger partial charge in [0.15, 0.2) is 0 Å². The molecule has 92 valence electrons. The molecule has 3 N–H and O–H groups in total. The van der Waals surface area contributed by atoms with Crippen molar-refractivity contribution >= 4 is 16.6 Å². The molecule has 0 unspecified atom stereocenters. The van der Waals surface area contributed by atoms with E-state index in [0.717, 1.165) is 5.82 Å². The largest absolute Gasteiger partial charge is 0.368 e. The molecular weight excluding hydrogens is 226 g/mol. The fraction of sp³-hybridized carbons (Fsp3) is 0.500. The summed E-state index contributed by atoms with van der Waals surface area (Å²) in [6, 6.07) is 3.72. The van der Waals surface area contributed by atoms with E-state index in [-0.39, 0.29) is 0 Å². The van der Waals surface area contributed by atoms with Gasteiger partial charge in [0, 0.05) is 20.1 Å². The highest BCUT2D eigenvalue weighted by atomic mass is 32.3. The van der Waals surface area contributed by atoms with Gasteiger partial charge in [0.25, 0.3) is 0 Å². The van der Waals surface area contributed by atoms with E-state index in [1.807, 2.05) is 13.8 Å². The molecule has 0 aromatic carbocycles. The van der Waals surface area contributed by atoms with Gasteiger partial charge in [0.1, 0.15) is 5.82 Å². The monoisotopic (exact) mass is 245 g/mol. The number of pyridine rings is 1. The highest BCUT2D eigenvalue weighted by Crippen LogP contribution is 2.49. The zero-order valence-electron chi connectivity index (χ0n) is 10.0. The van der Waals surface area contributed by atoms with Crippen LogP contribution in [0, 0.1) is 0 Å². The van der Waals surface area contributed by atoms with Crippen LogP contribution in [0.2, 0.25) is 0 Å². The fourth-order valence-corrected chi connectivity index (χ4v) is 2.00. The first-order valence-electron chi connectivity index (χ1n) is 5.02. The van der Waals surface area contributed by atoms with E-state index >= 15 is 0 Å². The summed E-state index contributed by atoms with van der Waals surface area (Å²) in [5, 5.41) is 3.13. The van der Waals surface area contributed by atoms with Gasteiger partial charge in [-0.05, 0) is 26.0 Å². The Balaban J connectivity index is 2.86. The minimum atomic E-state index is -2.88. The van der Waals surface area contributed by atoms with Crippen molar-refractivity contribution in [2.24, 2.45) is 0 Å². The molecule has 1 heterocycles. The predicted octanol–water partition coefficient (Wildman–Crippen LogP) is 2.49. The van der Waals surface area contributed by atoms with E-state index in [9.17, 15) is 9.11 Å². The molecule has 0 spiro atoms. The van der Waals surface area contributed by atoms with Crippen LogP contribution in [0.5, 0.6) is 0 Å². The SMILES string of the molecule is CC(C)Nc1ccc(S(O)(O)N(C)C)cn1. The minimum Gasteiger partial charge on any atom is -0.368 e. The molecule has 0 bridgehead atoms. The summed E-state index contributed by atoms with van der Waals surface area (Å²) in [6.45, 7) is 4.03. The Morgan fingerprint density at radius 2 is 1.94 bits per heavy atom. The summed E-state index contributed by atoms with van der Waals surface area (Å²) in [5.74, 6) is 0.729. The van der Waals surface area contributed by atoms with Gasteiger partial charge in [-0.15, -0.1) is 10.8 Å². The van der Waals surface area contributed by atoms with E-state index in [4.69, 9.17) is 0 Å². The van der Waals surface area contributed by atoms with Gasteiger partial charge >= 0.3 is 0 Å². The van der Waals surface area contributed by atoms with Gasteiger partial charge in [-0.2, -0.15) is 0 Å². The van der Waals surface area contributed by atoms with Gasteiger partial charge in [-0.3, -0.25) is 9.11 Å². The van der Waals surface area contributed by atoms with Crippen molar-refractivity contribution in [2.45, 2.75) is 24.8 Å². The van der Waals surface area contributed by atoms with Crippen LogP contribution in [0.4, 0.5) is 5.82 Å². The van der Waals surface area contributed by atoms with E-state index in [1.54, 1.807) is 26.2 Å². The average Bonchev–Trinajstić information content (AvgIpc) is 2.17. The third-order valence-electron chi connectivity index (χ3n) is 2.00. The molecule has 0 radical (unpaired) electrons. The molecule has 1 aromatic rings. The summed E-state index contributed by atoms with van der Waals surface area (Å²) < 4.78 is 21.1. The third kappa shape index (κ3) is 3.08. The zero-order chi connectivity index (χ0) is 12.3. The maximum Gasteiger partial charge on any atom is 0.126 e. The highest BCUT2D eigenvalue weighted by molar-refractivity contribution is 8.22. The molecular formula is C10H19N3O2S. The number of aromatic nitrogens is 1. The number of nitrogens with one attached hydrogen (secondary N) is 1. The molecule has 1 rings (SSSR count). The fourth-order valence-electron chi connectivity index (χ4n) is 1.13. The maximum atomic E-state index is 9.84. The smallest absolute Gasteiger partial charge is 0.126 e. The second-order valence-electron chi connectivity index (χ2n) is 4.01. The Hall–Kier alpha value is -0.820. The van der Waals surface area contributed by atoms with Crippen LogP contribution in [-0.2, 0) is 0 Å². The summed E-state index contributed by atoms with van der Waals surface area (Å²) in [4.78, 5) is 4.55. The van der Waals surface area contributed by atoms with Crippen LogP contribution in [0.15, 0.2) is 23.2 Å². The van der Waals surface area contributed by atoms with Gasteiger partial charge in [-0.25, -0.2) is 9.29 Å². The lowest BCUT2D eigenvalue weighted by atomic mass is 10.4. The van der Waals surface area contributed by atoms with Crippen molar-refractivity contribution in [3.8, 4) is 0 Å². The van der Waals surface area contributed by atoms with Crippen molar-refractivity contribution in [2.75, 3.05) is 19.4 Å². The van der Waals surface area contributed by atoms with Crippen molar-refractivity contribution in [1.82, 2.24) is 9.29 Å². The van der Waals surface area contributed by atoms with Crippen LogP contribution in [0.1, 0.15) is 13.8 Å². The number of rotatable bonds is 4. The molecule has 0 aliphatic carbocycles. The van der Waals surface area contributed by atoms with Crippen LogP contribution >= 0.6 is 10.8 Å². The average molecular weight is 245 g/mol. The second-order valence-corrected chi connectivity index (χ2v) is 6.25. The maximum absolute atomic E-state index is 9.84. The van der Waals surface area contributed by atoms with Gasteiger partial charge < -0.3 is 5.32 Å².